The Bertz CT molecular complexity index is 1530. The number of carbonyl (C=O) groups excluding carboxylic acids is 1. The van der Waals surface area contributed by atoms with Crippen molar-refractivity contribution in [2.45, 2.75) is 45.6 Å². The van der Waals surface area contributed by atoms with Gasteiger partial charge in [0.25, 0.3) is 5.56 Å². The van der Waals surface area contributed by atoms with Gasteiger partial charge in [0.15, 0.2) is 0 Å². The number of amides is 2. The number of anilines is 2. The summed E-state index contributed by atoms with van der Waals surface area (Å²) >= 11 is 6.52. The van der Waals surface area contributed by atoms with Crippen molar-refractivity contribution in [2.24, 2.45) is 0 Å². The Morgan fingerprint density at radius 2 is 1.95 bits per heavy atom. The van der Waals surface area contributed by atoms with Gasteiger partial charge in [-0.2, -0.15) is 0 Å². The van der Waals surface area contributed by atoms with Gasteiger partial charge in [-0.05, 0) is 63.4 Å². The minimum absolute atomic E-state index is 0.267. The van der Waals surface area contributed by atoms with Crippen molar-refractivity contribution in [3.63, 3.8) is 0 Å². The van der Waals surface area contributed by atoms with Crippen molar-refractivity contribution in [1.29, 1.82) is 0 Å². The monoisotopic (exact) mass is 546 g/mol. The van der Waals surface area contributed by atoms with E-state index in [0.717, 1.165) is 36.1 Å². The van der Waals surface area contributed by atoms with Gasteiger partial charge in [-0.1, -0.05) is 47.3 Å². The molecule has 4 N–H and O–H groups in total. The third-order valence-corrected chi connectivity index (χ3v) is 7.07. The van der Waals surface area contributed by atoms with Gasteiger partial charge in [0, 0.05) is 17.6 Å². The van der Waals surface area contributed by atoms with Gasteiger partial charge in [-0.25, -0.2) is 14.8 Å². The van der Waals surface area contributed by atoms with E-state index in [4.69, 9.17) is 16.3 Å². The van der Waals surface area contributed by atoms with Gasteiger partial charge < -0.3 is 20.4 Å². The topological polar surface area (TPSA) is 121 Å². The van der Waals surface area contributed by atoms with Gasteiger partial charge in [0.2, 0.25) is 0 Å². The number of nitrogens with one attached hydrogen (secondary N) is 4. The fraction of sp³-hybridized carbons (Fsp3) is 0.310. The third-order valence-electron chi connectivity index (χ3n) is 6.76. The molecule has 0 unspecified atom stereocenters. The molecule has 10 heteroatoms. The number of carbonyl (C=O) groups is 1. The number of H-pyrrole nitrogens is 1. The fourth-order valence-corrected chi connectivity index (χ4v) is 5.23. The highest BCUT2D eigenvalue weighted by Crippen LogP contribution is 2.38. The first-order chi connectivity index (χ1) is 18.9. The molecule has 4 aromatic rings. The highest BCUT2D eigenvalue weighted by atomic mass is 35.5. The van der Waals surface area contributed by atoms with Crippen LogP contribution in [0.2, 0.25) is 5.02 Å². The highest BCUT2D eigenvalue weighted by Gasteiger charge is 2.20. The van der Waals surface area contributed by atoms with E-state index in [2.05, 4.69) is 37.0 Å². The number of benzene rings is 2. The number of rotatable bonds is 7. The van der Waals surface area contributed by atoms with Crippen LogP contribution in [0.15, 0.2) is 53.7 Å². The zero-order chi connectivity index (χ0) is 27.4. The molecule has 1 aliphatic rings. The zero-order valence-corrected chi connectivity index (χ0v) is 22.7. The molecule has 0 spiro atoms. The van der Waals surface area contributed by atoms with Gasteiger partial charge in [-0.3, -0.25) is 10.1 Å². The zero-order valence-electron chi connectivity index (χ0n) is 21.9. The number of fused-ring (bicyclic) bond motifs is 1. The lowest BCUT2D eigenvalue weighted by molar-refractivity contribution is 0.262. The van der Waals surface area contributed by atoms with Crippen LogP contribution in [0, 0.1) is 13.8 Å². The van der Waals surface area contributed by atoms with Crippen molar-refractivity contribution >= 4 is 40.0 Å². The Morgan fingerprint density at radius 1 is 1.13 bits per heavy atom. The molecule has 3 heterocycles. The van der Waals surface area contributed by atoms with Gasteiger partial charge in [0.1, 0.15) is 17.9 Å². The van der Waals surface area contributed by atoms with Crippen LogP contribution in [0.25, 0.3) is 22.0 Å². The first kappa shape index (κ1) is 26.6. The van der Waals surface area contributed by atoms with E-state index >= 15 is 0 Å². The molecular weight excluding hydrogens is 516 g/mol. The summed E-state index contributed by atoms with van der Waals surface area (Å²) < 4.78 is 6.42. The molecule has 1 saturated heterocycles. The molecule has 9 nitrogen and oxygen atoms in total. The lowest BCUT2D eigenvalue weighted by Crippen LogP contribution is -2.35. The van der Waals surface area contributed by atoms with E-state index in [1.165, 1.54) is 25.4 Å². The van der Waals surface area contributed by atoms with Crippen molar-refractivity contribution < 1.29 is 9.53 Å². The van der Waals surface area contributed by atoms with Crippen molar-refractivity contribution in [3.05, 3.63) is 75.4 Å². The Kier molecular flexibility index (Phi) is 8.09. The second-order valence-corrected chi connectivity index (χ2v) is 10.3. The quantitative estimate of drug-likeness (QED) is 0.232. The average molecular weight is 547 g/mol. The SMILES string of the molecule is Cc1cc(C)cc(-c2c(OCC[C@@H]3CCCCN3)c3cc(NC(=O)Nc4ccncn4)c(Cl)cc3[nH]c2=O)c1. The number of urea groups is 1. The van der Waals surface area contributed by atoms with E-state index in [1.54, 1.807) is 18.2 Å². The number of hydrogen-bond donors (Lipinski definition) is 4. The summed E-state index contributed by atoms with van der Waals surface area (Å²) in [5.74, 6) is 0.812. The Hall–Kier alpha value is -3.95. The minimum Gasteiger partial charge on any atom is -0.492 e. The van der Waals surface area contributed by atoms with E-state index in [0.29, 0.717) is 46.4 Å². The molecule has 1 atom stereocenters. The normalized spacial score (nSPS) is 15.2. The van der Waals surface area contributed by atoms with Gasteiger partial charge in [0.05, 0.1) is 28.4 Å². The lowest BCUT2D eigenvalue weighted by Gasteiger charge is -2.24. The van der Waals surface area contributed by atoms with E-state index in [9.17, 15) is 9.59 Å². The van der Waals surface area contributed by atoms with Gasteiger partial charge in [-0.15, -0.1) is 0 Å². The molecule has 2 aromatic carbocycles. The summed E-state index contributed by atoms with van der Waals surface area (Å²) in [5, 5.41) is 9.89. The Balaban J connectivity index is 1.54. The maximum atomic E-state index is 13.4. The number of halogens is 1. The van der Waals surface area contributed by atoms with Crippen LogP contribution in [-0.2, 0) is 0 Å². The average Bonchev–Trinajstić information content (AvgIpc) is 2.90. The molecule has 1 aliphatic heterocycles. The molecule has 202 valence electrons. The maximum absolute atomic E-state index is 13.4. The van der Waals surface area contributed by atoms with Crippen LogP contribution in [0.1, 0.15) is 36.8 Å². The van der Waals surface area contributed by atoms with Crippen LogP contribution >= 0.6 is 11.6 Å². The molecule has 0 saturated carbocycles. The molecule has 0 aliphatic carbocycles. The number of pyridine rings is 1. The number of aryl methyl sites for hydroxylation is 2. The summed E-state index contributed by atoms with van der Waals surface area (Å²) in [7, 11) is 0. The minimum atomic E-state index is -0.514. The first-order valence-electron chi connectivity index (χ1n) is 13.1. The van der Waals surface area contributed by atoms with E-state index in [1.807, 2.05) is 26.0 Å². The molecule has 39 heavy (non-hydrogen) atoms. The van der Waals surface area contributed by atoms with E-state index in [-0.39, 0.29) is 10.6 Å². The molecular formula is C29H31ClN6O3. The van der Waals surface area contributed by atoms with Crippen molar-refractivity contribution in [3.8, 4) is 16.9 Å². The summed E-state index contributed by atoms with van der Waals surface area (Å²) in [4.78, 5) is 36.9. The van der Waals surface area contributed by atoms with E-state index < -0.39 is 6.03 Å². The molecule has 1 fully saturated rings. The first-order valence-corrected chi connectivity index (χ1v) is 13.4. The van der Waals surface area contributed by atoms with Crippen LogP contribution in [0.4, 0.5) is 16.3 Å². The maximum Gasteiger partial charge on any atom is 0.324 e. The second kappa shape index (κ2) is 11.8. The summed E-state index contributed by atoms with van der Waals surface area (Å²) in [6.45, 7) is 5.45. The molecule has 0 bridgehead atoms. The fourth-order valence-electron chi connectivity index (χ4n) is 5.02. The number of aromatic nitrogens is 3. The lowest BCUT2D eigenvalue weighted by atomic mass is 9.99. The summed E-state index contributed by atoms with van der Waals surface area (Å²) in [6, 6.07) is 10.8. The van der Waals surface area contributed by atoms with Gasteiger partial charge >= 0.3 is 6.03 Å². The summed E-state index contributed by atoms with van der Waals surface area (Å²) in [5.41, 5.74) is 3.93. The smallest absolute Gasteiger partial charge is 0.324 e. The molecule has 2 aromatic heterocycles. The number of ether oxygens (including phenoxy) is 1. The Labute approximate surface area is 231 Å². The highest BCUT2D eigenvalue weighted by molar-refractivity contribution is 6.34. The van der Waals surface area contributed by atoms with Crippen LogP contribution < -0.4 is 26.2 Å². The van der Waals surface area contributed by atoms with Crippen molar-refractivity contribution in [1.82, 2.24) is 20.3 Å². The predicted molar refractivity (Wildman–Crippen MR) is 155 cm³/mol. The predicted octanol–water partition coefficient (Wildman–Crippen LogP) is 5.81. The standard InChI is InChI=1S/C29H31ClN6O3/c1-17-11-18(2)13-19(12-17)26-27(39-10-7-20-5-3-4-8-32-20)21-14-24(22(30)15-23(21)34-28(26)37)35-29(38)36-25-6-9-31-16-33-25/h6,9,11-16,20,32H,3-5,7-8,10H2,1-2H3,(H,34,37)(H2,31,33,35,36,38)/t20-/m0/s1. The number of piperidine rings is 1. The van der Waals surface area contributed by atoms with Crippen molar-refractivity contribution in [2.75, 3.05) is 23.8 Å². The third kappa shape index (κ3) is 6.38. The van der Waals surface area contributed by atoms with Crippen LogP contribution in [0.3, 0.4) is 0 Å². The molecule has 5 rings (SSSR count). The number of hydrogen-bond acceptors (Lipinski definition) is 6. The number of aromatic amines is 1. The van der Waals surface area contributed by atoms with Crippen LogP contribution in [-0.4, -0.2) is 40.2 Å². The number of nitrogens with zero attached hydrogens (tertiary/aromatic N) is 2. The summed E-state index contributed by atoms with van der Waals surface area (Å²) in [6.07, 6.45) is 7.19. The second-order valence-electron chi connectivity index (χ2n) is 9.87. The largest absolute Gasteiger partial charge is 0.492 e. The Morgan fingerprint density at radius 3 is 2.67 bits per heavy atom. The molecule has 2 amide bonds. The van der Waals surface area contributed by atoms with Crippen LogP contribution in [0.5, 0.6) is 5.75 Å². The molecule has 0 radical (unpaired) electrons.